The van der Waals surface area contributed by atoms with Crippen LogP contribution in [-0.2, 0) is 4.79 Å². The summed E-state index contributed by atoms with van der Waals surface area (Å²) < 4.78 is 5.24. The van der Waals surface area contributed by atoms with Crippen LogP contribution in [0.2, 0.25) is 0 Å². The van der Waals surface area contributed by atoms with E-state index in [2.05, 4.69) is 43.1 Å². The van der Waals surface area contributed by atoms with E-state index >= 15 is 0 Å². The third-order valence-electron chi connectivity index (χ3n) is 6.88. The van der Waals surface area contributed by atoms with Gasteiger partial charge in [0.15, 0.2) is 6.04 Å². The first-order valence-electron chi connectivity index (χ1n) is 10.5. The van der Waals surface area contributed by atoms with E-state index in [0.717, 1.165) is 38.3 Å². The fourth-order valence-electron chi connectivity index (χ4n) is 4.56. The summed E-state index contributed by atoms with van der Waals surface area (Å²) >= 11 is 0. The second-order valence-corrected chi connectivity index (χ2v) is 8.45. The van der Waals surface area contributed by atoms with Crippen molar-refractivity contribution in [3.63, 3.8) is 0 Å². The number of carbonyl (C=O) groups is 1. The molecule has 3 rings (SSSR count). The molecule has 1 heterocycles. The number of anilines is 1. The molecule has 2 aliphatic rings. The third kappa shape index (κ3) is 4.75. The van der Waals surface area contributed by atoms with E-state index in [1.165, 1.54) is 23.4 Å². The number of quaternary nitrogens is 1. The van der Waals surface area contributed by atoms with Gasteiger partial charge in [-0.15, -0.1) is 0 Å². The predicted molar refractivity (Wildman–Crippen MR) is 109 cm³/mol. The van der Waals surface area contributed by atoms with Crippen molar-refractivity contribution in [2.45, 2.75) is 52.1 Å². The lowest BCUT2D eigenvalue weighted by molar-refractivity contribution is -0.914. The third-order valence-corrected chi connectivity index (χ3v) is 6.88. The predicted octanol–water partition coefficient (Wildman–Crippen LogP) is 1.73. The largest absolute Gasteiger partial charge is 0.497 e. The molecule has 5 nitrogen and oxygen atoms in total. The number of benzene rings is 1. The van der Waals surface area contributed by atoms with Crippen molar-refractivity contribution in [1.29, 1.82) is 0 Å². The van der Waals surface area contributed by atoms with Gasteiger partial charge in [-0.25, -0.2) is 0 Å². The number of carbonyl (C=O) groups excluding carboxylic acids is 1. The van der Waals surface area contributed by atoms with Crippen molar-refractivity contribution in [2.24, 2.45) is 11.8 Å². The van der Waals surface area contributed by atoms with Crippen LogP contribution in [0.5, 0.6) is 5.75 Å². The average molecular weight is 375 g/mol. The summed E-state index contributed by atoms with van der Waals surface area (Å²) in [6, 6.07) is 8.63. The fraction of sp³-hybridized carbons (Fsp3) is 0.682. The maximum Gasteiger partial charge on any atom is 0.278 e. The van der Waals surface area contributed by atoms with Crippen LogP contribution in [0.15, 0.2) is 24.3 Å². The molecule has 0 aromatic heterocycles. The van der Waals surface area contributed by atoms with Crippen molar-refractivity contribution < 1.29 is 14.4 Å². The molecule has 1 aromatic carbocycles. The number of nitrogens with zero attached hydrogens (tertiary/aromatic N) is 1. The summed E-state index contributed by atoms with van der Waals surface area (Å²) in [6.07, 6.45) is 3.66. The standard InChI is InChI=1S/C22H35N3O2/c1-16-6-5-7-21(17(16)2)23-22(26)18(3)24-12-14-25(15-13-24)19-8-10-20(27-4)11-9-19/h8-11,16-18,21H,5-7,12-15H2,1-4H3,(H,23,26)/p+1/t16-,17+,18+,21+/m0/s1. The quantitative estimate of drug-likeness (QED) is 0.825. The second-order valence-electron chi connectivity index (χ2n) is 8.45. The Morgan fingerprint density at radius 1 is 1.19 bits per heavy atom. The van der Waals surface area contributed by atoms with E-state index in [0.29, 0.717) is 17.9 Å². The van der Waals surface area contributed by atoms with Crippen molar-refractivity contribution >= 4 is 11.6 Å². The summed E-state index contributed by atoms with van der Waals surface area (Å²) in [4.78, 5) is 16.6. The summed E-state index contributed by atoms with van der Waals surface area (Å²) in [6.45, 7) is 10.7. The highest BCUT2D eigenvalue weighted by atomic mass is 16.5. The van der Waals surface area contributed by atoms with Gasteiger partial charge in [0, 0.05) is 11.7 Å². The van der Waals surface area contributed by atoms with E-state index in [-0.39, 0.29) is 11.9 Å². The molecule has 2 N–H and O–H groups in total. The maximum absolute atomic E-state index is 12.8. The van der Waals surface area contributed by atoms with Crippen LogP contribution in [0.1, 0.15) is 40.0 Å². The minimum atomic E-state index is 0.0208. The molecular weight excluding hydrogens is 338 g/mol. The van der Waals surface area contributed by atoms with Gasteiger partial charge in [0.25, 0.3) is 5.91 Å². The number of amides is 1. The number of ether oxygens (including phenoxy) is 1. The lowest BCUT2D eigenvalue weighted by Gasteiger charge is -2.38. The molecule has 27 heavy (non-hydrogen) atoms. The van der Waals surface area contributed by atoms with Crippen LogP contribution < -0.4 is 19.9 Å². The first-order chi connectivity index (χ1) is 13.0. The zero-order valence-corrected chi connectivity index (χ0v) is 17.3. The van der Waals surface area contributed by atoms with Gasteiger partial charge >= 0.3 is 0 Å². The first-order valence-corrected chi connectivity index (χ1v) is 10.5. The molecule has 0 radical (unpaired) electrons. The second kappa shape index (κ2) is 8.96. The molecule has 1 saturated heterocycles. The van der Waals surface area contributed by atoms with Crippen molar-refractivity contribution in [3.05, 3.63) is 24.3 Å². The van der Waals surface area contributed by atoms with Crippen LogP contribution in [0.4, 0.5) is 5.69 Å². The highest BCUT2D eigenvalue weighted by Gasteiger charge is 2.33. The lowest BCUT2D eigenvalue weighted by Crippen LogP contribution is -3.19. The fourth-order valence-corrected chi connectivity index (χ4v) is 4.56. The van der Waals surface area contributed by atoms with Crippen LogP contribution in [-0.4, -0.2) is 51.3 Å². The molecule has 1 amide bonds. The Morgan fingerprint density at radius 3 is 2.48 bits per heavy atom. The zero-order chi connectivity index (χ0) is 19.4. The highest BCUT2D eigenvalue weighted by Crippen LogP contribution is 2.29. The number of hydrogen-bond donors (Lipinski definition) is 2. The number of methoxy groups -OCH3 is 1. The van der Waals surface area contributed by atoms with Gasteiger partial charge in [0.05, 0.1) is 33.3 Å². The van der Waals surface area contributed by atoms with E-state index < -0.39 is 0 Å². The Hall–Kier alpha value is -1.75. The SMILES string of the molecule is COc1ccc(N2CC[NH+]([C@H](C)C(=O)N[C@@H]3CCC[C@H](C)[C@H]3C)CC2)cc1. The van der Waals surface area contributed by atoms with Gasteiger partial charge < -0.3 is 19.9 Å². The molecule has 1 saturated carbocycles. The molecule has 2 fully saturated rings. The summed E-state index contributed by atoms with van der Waals surface area (Å²) in [5.74, 6) is 2.41. The Bertz CT molecular complexity index is 610. The first kappa shape index (κ1) is 20.0. The molecular formula is C22H36N3O2+. The van der Waals surface area contributed by atoms with Gasteiger partial charge in [0.2, 0.25) is 0 Å². The topological polar surface area (TPSA) is 46.0 Å². The summed E-state index contributed by atoms with van der Waals surface area (Å²) in [7, 11) is 1.69. The van der Waals surface area contributed by atoms with Crippen molar-refractivity contribution in [1.82, 2.24) is 5.32 Å². The molecule has 5 heteroatoms. The van der Waals surface area contributed by atoms with E-state index in [1.807, 2.05) is 12.1 Å². The molecule has 4 atom stereocenters. The van der Waals surface area contributed by atoms with Gasteiger partial charge in [-0.1, -0.05) is 26.7 Å². The molecule has 0 unspecified atom stereocenters. The van der Waals surface area contributed by atoms with Crippen molar-refractivity contribution in [3.8, 4) is 5.75 Å². The Morgan fingerprint density at radius 2 is 1.85 bits per heavy atom. The van der Waals surface area contributed by atoms with E-state index in [9.17, 15) is 4.79 Å². The Labute approximate surface area is 164 Å². The van der Waals surface area contributed by atoms with Gasteiger partial charge in [-0.05, 0) is 49.4 Å². The van der Waals surface area contributed by atoms with Gasteiger partial charge in [0.1, 0.15) is 5.75 Å². The van der Waals surface area contributed by atoms with Crippen LogP contribution in [0.3, 0.4) is 0 Å². The van der Waals surface area contributed by atoms with Crippen LogP contribution in [0.25, 0.3) is 0 Å². The summed E-state index contributed by atoms with van der Waals surface area (Å²) in [5.41, 5.74) is 1.23. The molecule has 1 aromatic rings. The van der Waals surface area contributed by atoms with Crippen LogP contribution >= 0.6 is 0 Å². The normalized spacial score (nSPS) is 27.9. The monoisotopic (exact) mass is 374 g/mol. The molecule has 0 spiro atoms. The maximum atomic E-state index is 12.8. The zero-order valence-electron chi connectivity index (χ0n) is 17.3. The van der Waals surface area contributed by atoms with Gasteiger partial charge in [-0.3, -0.25) is 4.79 Å². The lowest BCUT2D eigenvalue weighted by atomic mass is 9.78. The van der Waals surface area contributed by atoms with Gasteiger partial charge in [-0.2, -0.15) is 0 Å². The summed E-state index contributed by atoms with van der Waals surface area (Å²) in [5, 5.41) is 3.36. The smallest absolute Gasteiger partial charge is 0.278 e. The number of rotatable bonds is 5. The molecule has 1 aliphatic heterocycles. The highest BCUT2D eigenvalue weighted by molar-refractivity contribution is 5.80. The molecule has 1 aliphatic carbocycles. The Kier molecular flexibility index (Phi) is 6.64. The number of nitrogens with one attached hydrogen (secondary N) is 2. The van der Waals surface area contributed by atoms with Crippen LogP contribution in [0, 0.1) is 11.8 Å². The van der Waals surface area contributed by atoms with E-state index in [4.69, 9.17) is 4.74 Å². The average Bonchev–Trinajstić information content (AvgIpc) is 2.71. The molecule has 0 bridgehead atoms. The van der Waals surface area contributed by atoms with E-state index in [1.54, 1.807) is 7.11 Å². The number of piperazine rings is 1. The Balaban J connectivity index is 1.50. The van der Waals surface area contributed by atoms with Crippen molar-refractivity contribution in [2.75, 3.05) is 38.2 Å². The minimum absolute atomic E-state index is 0.0208. The number of hydrogen-bond acceptors (Lipinski definition) is 3. The molecule has 150 valence electrons. The minimum Gasteiger partial charge on any atom is -0.497 e.